The lowest BCUT2D eigenvalue weighted by Crippen LogP contribution is -2.10. The van der Waals surface area contributed by atoms with E-state index in [2.05, 4.69) is 0 Å². The van der Waals surface area contributed by atoms with Gasteiger partial charge in [-0.1, -0.05) is 25.1 Å². The molecule has 0 aliphatic heterocycles. The van der Waals surface area contributed by atoms with Crippen molar-refractivity contribution in [2.24, 2.45) is 5.92 Å². The summed E-state index contributed by atoms with van der Waals surface area (Å²) < 4.78 is 5.18. The van der Waals surface area contributed by atoms with E-state index in [-0.39, 0.29) is 5.78 Å². The highest BCUT2D eigenvalue weighted by Crippen LogP contribution is 2.22. The Hall–Kier alpha value is -2.36. The summed E-state index contributed by atoms with van der Waals surface area (Å²) in [6, 6.07) is 11.3. The number of carboxylic acids is 1. The number of carboxylic acid groups (broad SMARTS) is 1. The zero-order chi connectivity index (χ0) is 16.1. The van der Waals surface area contributed by atoms with Crippen molar-refractivity contribution in [3.63, 3.8) is 0 Å². The number of fused-ring (bicyclic) bond motifs is 1. The van der Waals surface area contributed by atoms with Crippen LogP contribution in [0, 0.1) is 5.92 Å². The van der Waals surface area contributed by atoms with E-state index < -0.39 is 11.9 Å². The van der Waals surface area contributed by atoms with Crippen LogP contribution < -0.4 is 4.74 Å². The highest BCUT2D eigenvalue weighted by atomic mass is 16.5. The fourth-order valence-electron chi connectivity index (χ4n) is 2.36. The molecule has 0 unspecified atom stereocenters. The Balaban J connectivity index is 2.04. The summed E-state index contributed by atoms with van der Waals surface area (Å²) in [7, 11) is 1.62. The zero-order valence-electron chi connectivity index (χ0n) is 12.8. The minimum atomic E-state index is -0.813. The molecule has 2 aromatic carbocycles. The van der Waals surface area contributed by atoms with Crippen molar-refractivity contribution in [3.05, 3.63) is 42.0 Å². The first-order chi connectivity index (χ1) is 10.5. The molecule has 0 aliphatic carbocycles. The van der Waals surface area contributed by atoms with E-state index >= 15 is 0 Å². The van der Waals surface area contributed by atoms with Gasteiger partial charge < -0.3 is 9.84 Å². The number of hydrogen-bond donors (Lipinski definition) is 1. The third-order valence-corrected chi connectivity index (χ3v) is 3.83. The van der Waals surface area contributed by atoms with Crippen molar-refractivity contribution in [2.75, 3.05) is 7.11 Å². The molecule has 1 N–H and O–H groups in total. The summed E-state index contributed by atoms with van der Waals surface area (Å²) >= 11 is 0. The zero-order valence-corrected chi connectivity index (χ0v) is 12.8. The van der Waals surface area contributed by atoms with Crippen LogP contribution in [0.4, 0.5) is 0 Å². The SMILES string of the molecule is COc1ccc2cc(C(=O)CCC[C@@H](C)C(=O)O)ccc2c1. The average molecular weight is 300 g/mol. The lowest BCUT2D eigenvalue weighted by atomic mass is 9.98. The number of carbonyl (C=O) groups is 2. The van der Waals surface area contributed by atoms with Gasteiger partial charge >= 0.3 is 5.97 Å². The van der Waals surface area contributed by atoms with Crippen LogP contribution in [0.3, 0.4) is 0 Å². The number of ketones is 1. The first kappa shape index (κ1) is 16.0. The van der Waals surface area contributed by atoms with Crippen LogP contribution in [0.25, 0.3) is 10.8 Å². The molecule has 0 radical (unpaired) electrons. The van der Waals surface area contributed by atoms with Gasteiger partial charge in [0, 0.05) is 12.0 Å². The van der Waals surface area contributed by atoms with E-state index in [0.29, 0.717) is 24.8 Å². The van der Waals surface area contributed by atoms with Crippen LogP contribution in [0.2, 0.25) is 0 Å². The second kappa shape index (κ2) is 7.07. The fraction of sp³-hybridized carbons (Fsp3) is 0.333. The molecule has 1 atom stereocenters. The Kier molecular flexibility index (Phi) is 5.15. The van der Waals surface area contributed by atoms with Crippen LogP contribution >= 0.6 is 0 Å². The van der Waals surface area contributed by atoms with Crippen molar-refractivity contribution in [2.45, 2.75) is 26.2 Å². The third kappa shape index (κ3) is 3.85. The summed E-state index contributed by atoms with van der Waals surface area (Å²) in [5.41, 5.74) is 0.667. The Labute approximate surface area is 129 Å². The van der Waals surface area contributed by atoms with Crippen molar-refractivity contribution >= 4 is 22.5 Å². The van der Waals surface area contributed by atoms with Gasteiger partial charge in [-0.05, 0) is 41.8 Å². The molecule has 4 nitrogen and oxygen atoms in total. The lowest BCUT2D eigenvalue weighted by molar-refractivity contribution is -0.141. The lowest BCUT2D eigenvalue weighted by Gasteiger charge is -2.07. The predicted octanol–water partition coefficient (Wildman–Crippen LogP) is 3.92. The van der Waals surface area contributed by atoms with Crippen molar-refractivity contribution in [3.8, 4) is 5.75 Å². The molecule has 4 heteroatoms. The molecule has 0 amide bonds. The molecule has 0 heterocycles. The average Bonchev–Trinajstić information content (AvgIpc) is 2.53. The summed E-state index contributed by atoms with van der Waals surface area (Å²) in [6.07, 6.45) is 1.48. The first-order valence-corrected chi connectivity index (χ1v) is 7.35. The molecule has 0 bridgehead atoms. The van der Waals surface area contributed by atoms with E-state index in [1.807, 2.05) is 36.4 Å². The van der Waals surface area contributed by atoms with Crippen LogP contribution in [-0.2, 0) is 4.79 Å². The summed E-state index contributed by atoms with van der Waals surface area (Å²) in [5.74, 6) is -0.381. The van der Waals surface area contributed by atoms with Gasteiger partial charge in [0.05, 0.1) is 13.0 Å². The van der Waals surface area contributed by atoms with Crippen molar-refractivity contribution in [1.82, 2.24) is 0 Å². The van der Waals surface area contributed by atoms with Crippen LogP contribution in [0.1, 0.15) is 36.5 Å². The molecular formula is C18H20O4. The molecule has 2 aromatic rings. The minimum absolute atomic E-state index is 0.0512. The molecule has 0 spiro atoms. The summed E-state index contributed by atoms with van der Waals surface area (Å²) in [4.78, 5) is 22.9. The fourth-order valence-corrected chi connectivity index (χ4v) is 2.36. The molecule has 0 saturated carbocycles. The van der Waals surface area contributed by atoms with Gasteiger partial charge in [-0.15, -0.1) is 0 Å². The van der Waals surface area contributed by atoms with E-state index in [0.717, 1.165) is 16.5 Å². The molecule has 22 heavy (non-hydrogen) atoms. The molecular weight excluding hydrogens is 280 g/mol. The number of hydrogen-bond acceptors (Lipinski definition) is 3. The van der Waals surface area contributed by atoms with Crippen LogP contribution in [0.15, 0.2) is 36.4 Å². The maximum Gasteiger partial charge on any atom is 0.306 e. The van der Waals surface area contributed by atoms with Gasteiger partial charge in [-0.25, -0.2) is 0 Å². The maximum absolute atomic E-state index is 12.2. The Bertz CT molecular complexity index is 691. The van der Waals surface area contributed by atoms with Crippen molar-refractivity contribution < 1.29 is 19.4 Å². The quantitative estimate of drug-likeness (QED) is 0.787. The standard InChI is InChI=1S/C18H20O4/c1-12(18(20)21)4-3-5-17(19)15-7-6-14-11-16(22-2)9-8-13(14)10-15/h6-12H,3-5H2,1-2H3,(H,20,21)/t12-/m1/s1. The monoisotopic (exact) mass is 300 g/mol. The van der Waals surface area contributed by atoms with Gasteiger partial charge in [0.25, 0.3) is 0 Å². The normalized spacial score (nSPS) is 12.1. The number of rotatable bonds is 7. The smallest absolute Gasteiger partial charge is 0.306 e. The molecule has 0 aromatic heterocycles. The Morgan fingerprint density at radius 1 is 1.14 bits per heavy atom. The van der Waals surface area contributed by atoms with Crippen molar-refractivity contribution in [1.29, 1.82) is 0 Å². The second-order valence-electron chi connectivity index (χ2n) is 5.48. The molecule has 0 saturated heterocycles. The van der Waals surface area contributed by atoms with E-state index in [1.54, 1.807) is 14.0 Å². The third-order valence-electron chi connectivity index (χ3n) is 3.83. The highest BCUT2D eigenvalue weighted by molar-refractivity contribution is 6.00. The van der Waals surface area contributed by atoms with E-state index in [1.165, 1.54) is 0 Å². The van der Waals surface area contributed by atoms with Crippen LogP contribution in [0.5, 0.6) is 5.75 Å². The highest BCUT2D eigenvalue weighted by Gasteiger charge is 2.12. The topological polar surface area (TPSA) is 63.6 Å². The van der Waals surface area contributed by atoms with Gasteiger partial charge in [-0.3, -0.25) is 9.59 Å². The Morgan fingerprint density at radius 2 is 1.82 bits per heavy atom. The molecule has 116 valence electrons. The van der Waals surface area contributed by atoms with Crippen LogP contribution in [-0.4, -0.2) is 24.0 Å². The molecule has 0 fully saturated rings. The number of ether oxygens (including phenoxy) is 1. The number of aliphatic carboxylic acids is 1. The molecule has 2 rings (SSSR count). The number of methoxy groups -OCH3 is 1. The first-order valence-electron chi connectivity index (χ1n) is 7.35. The number of benzene rings is 2. The largest absolute Gasteiger partial charge is 0.497 e. The van der Waals surface area contributed by atoms with Gasteiger partial charge in [0.15, 0.2) is 5.78 Å². The number of Topliss-reactive ketones (excluding diaryl/α,β-unsaturated/α-hetero) is 1. The van der Waals surface area contributed by atoms with Gasteiger partial charge in [-0.2, -0.15) is 0 Å². The molecule has 0 aliphatic rings. The second-order valence-corrected chi connectivity index (χ2v) is 5.48. The van der Waals surface area contributed by atoms with Gasteiger partial charge in [0.1, 0.15) is 5.75 Å². The van der Waals surface area contributed by atoms with Gasteiger partial charge in [0.2, 0.25) is 0 Å². The minimum Gasteiger partial charge on any atom is -0.497 e. The summed E-state index contributed by atoms with van der Waals surface area (Å²) in [6.45, 7) is 1.66. The maximum atomic E-state index is 12.2. The number of carbonyl (C=O) groups excluding carboxylic acids is 1. The predicted molar refractivity (Wildman–Crippen MR) is 85.5 cm³/mol. The summed E-state index contributed by atoms with van der Waals surface area (Å²) in [5, 5.41) is 10.8. The van der Waals surface area contributed by atoms with E-state index in [9.17, 15) is 9.59 Å². The van der Waals surface area contributed by atoms with E-state index in [4.69, 9.17) is 9.84 Å². The Morgan fingerprint density at radius 3 is 2.50 bits per heavy atom.